The predicted molar refractivity (Wildman–Crippen MR) is 174 cm³/mol. The molecule has 0 saturated carbocycles. The molecule has 1 heterocycles. The number of hydrogen-bond donors (Lipinski definition) is 0. The molecule has 0 spiro atoms. The summed E-state index contributed by atoms with van der Waals surface area (Å²) in [6.45, 7) is 3.78. The lowest BCUT2D eigenvalue weighted by Gasteiger charge is -2.14. The first-order chi connectivity index (χ1) is 20.8. The Bertz CT molecular complexity index is 1850. The molecule has 12 heteroatoms. The van der Waals surface area contributed by atoms with Gasteiger partial charge in [-0.1, -0.05) is 49.0 Å². The lowest BCUT2D eigenvalue weighted by molar-refractivity contribution is 0.483. The fourth-order valence-corrected chi connectivity index (χ4v) is 6.68. The van der Waals surface area contributed by atoms with Crippen molar-refractivity contribution in [2.45, 2.75) is 30.6 Å². The molecule has 3 aromatic carbocycles. The summed E-state index contributed by atoms with van der Waals surface area (Å²) in [6.07, 6.45) is 9.91. The second kappa shape index (κ2) is 14.3. The zero-order chi connectivity index (χ0) is 31.9. The Balaban J connectivity index is 1.62. The molecular formula is C32H33NO8S3. The number of rotatable bonds is 14. The smallest absolute Gasteiger partial charge is 0.306 e. The fraction of sp³-hybridized carbons (Fsp3) is 0.219. The van der Waals surface area contributed by atoms with E-state index in [4.69, 9.17) is 8.37 Å². The zero-order valence-electron chi connectivity index (χ0n) is 24.3. The highest BCUT2D eigenvalue weighted by atomic mass is 32.2. The molecule has 9 nitrogen and oxygen atoms in total. The third-order valence-electron chi connectivity index (χ3n) is 6.49. The van der Waals surface area contributed by atoms with Crippen molar-refractivity contribution >= 4 is 37.6 Å². The summed E-state index contributed by atoms with van der Waals surface area (Å²) in [4.78, 5) is 14.4. The van der Waals surface area contributed by atoms with E-state index >= 15 is 0 Å². The van der Waals surface area contributed by atoms with Gasteiger partial charge in [0, 0.05) is 41.9 Å². The van der Waals surface area contributed by atoms with Crippen LogP contribution in [0.25, 0.3) is 28.5 Å². The third kappa shape index (κ3) is 9.58. The Labute approximate surface area is 261 Å². The van der Waals surface area contributed by atoms with E-state index in [1.807, 2.05) is 18.2 Å². The van der Waals surface area contributed by atoms with Gasteiger partial charge in [-0.15, -0.1) is 0 Å². The standard InChI is InChI=1S/C32H33NO8S3/c1-4-33-22-30(25-15-11-16-29(20-25)42(35)17-10-6-9-14-24-12-7-5-8-13-24)32(34)31(23-33)26-18-27(40-43(2,36)37)21-28(19-26)41-44(3,38)39/h4-5,7-8,11-13,15-16,18-23H,1,6,9-10,14,17H2,2-3H3. The van der Waals surface area contributed by atoms with Crippen LogP contribution in [0.5, 0.6) is 11.5 Å². The first-order valence-electron chi connectivity index (χ1n) is 13.7. The zero-order valence-corrected chi connectivity index (χ0v) is 26.8. The van der Waals surface area contributed by atoms with Crippen LogP contribution in [0, 0.1) is 0 Å². The molecule has 44 heavy (non-hydrogen) atoms. The van der Waals surface area contributed by atoms with Crippen molar-refractivity contribution in [2.24, 2.45) is 0 Å². The maximum absolute atomic E-state index is 13.8. The number of hydrogen-bond acceptors (Lipinski definition) is 8. The van der Waals surface area contributed by atoms with Crippen LogP contribution in [-0.4, -0.2) is 44.2 Å². The molecule has 232 valence electrons. The molecule has 0 amide bonds. The number of benzene rings is 3. The van der Waals surface area contributed by atoms with Crippen LogP contribution in [0.3, 0.4) is 0 Å². The van der Waals surface area contributed by atoms with Gasteiger partial charge in [-0.3, -0.25) is 4.79 Å². The highest BCUT2D eigenvalue weighted by molar-refractivity contribution is 7.91. The van der Waals surface area contributed by atoms with Crippen molar-refractivity contribution in [3.63, 3.8) is 0 Å². The van der Waals surface area contributed by atoms with E-state index in [0.717, 1.165) is 44.3 Å². The predicted octanol–water partition coefficient (Wildman–Crippen LogP) is 5.48. The van der Waals surface area contributed by atoms with Crippen molar-refractivity contribution in [2.75, 3.05) is 18.3 Å². The third-order valence-corrected chi connectivity index (χ3v) is 8.92. The van der Waals surface area contributed by atoms with E-state index in [1.165, 1.54) is 30.1 Å². The number of pyridine rings is 1. The van der Waals surface area contributed by atoms with Gasteiger partial charge in [0.2, 0.25) is 0 Å². The first kappa shape index (κ1) is 33.1. The van der Waals surface area contributed by atoms with E-state index in [0.29, 0.717) is 16.2 Å². The molecule has 1 aromatic heterocycles. The van der Waals surface area contributed by atoms with Crippen molar-refractivity contribution in [1.82, 2.24) is 4.57 Å². The van der Waals surface area contributed by atoms with Crippen LogP contribution in [0.15, 0.2) is 101 Å². The van der Waals surface area contributed by atoms with Gasteiger partial charge < -0.3 is 17.5 Å². The number of aromatic nitrogens is 1. The number of unbranched alkanes of at least 4 members (excludes halogenated alkanes) is 2. The highest BCUT2D eigenvalue weighted by Crippen LogP contribution is 2.31. The largest absolute Gasteiger partial charge is 0.611 e. The average molecular weight is 656 g/mol. The summed E-state index contributed by atoms with van der Waals surface area (Å²) in [6, 6.07) is 20.9. The molecular weight excluding hydrogens is 623 g/mol. The van der Waals surface area contributed by atoms with Crippen LogP contribution in [0.1, 0.15) is 24.8 Å². The molecule has 0 aliphatic carbocycles. The minimum atomic E-state index is -3.98. The highest BCUT2D eigenvalue weighted by Gasteiger charge is 2.18. The fourth-order valence-electron chi connectivity index (χ4n) is 4.59. The van der Waals surface area contributed by atoms with Crippen LogP contribution < -0.4 is 13.8 Å². The molecule has 0 aliphatic heterocycles. The van der Waals surface area contributed by atoms with E-state index in [-0.39, 0.29) is 28.2 Å². The maximum atomic E-state index is 13.8. The van der Waals surface area contributed by atoms with Gasteiger partial charge in [0.1, 0.15) is 17.3 Å². The molecule has 0 radical (unpaired) electrons. The van der Waals surface area contributed by atoms with Gasteiger partial charge in [0.05, 0.1) is 12.5 Å². The second-order valence-electron chi connectivity index (χ2n) is 10.2. The SMILES string of the molecule is C=Cn1cc(-c2cc(OS(C)(=O)=O)cc(OS(C)(=O)=O)c2)c(=O)c(-c2cccc([S+]([O-])CCCCCc3ccccc3)c2)c1. The van der Waals surface area contributed by atoms with E-state index < -0.39 is 36.8 Å². The van der Waals surface area contributed by atoms with E-state index in [2.05, 4.69) is 18.7 Å². The lowest BCUT2D eigenvalue weighted by Crippen LogP contribution is -2.13. The molecule has 4 rings (SSSR count). The Morgan fingerprint density at radius 1 is 0.795 bits per heavy atom. The van der Waals surface area contributed by atoms with Crippen molar-refractivity contribution in [1.29, 1.82) is 0 Å². The van der Waals surface area contributed by atoms with E-state index in [9.17, 15) is 26.2 Å². The summed E-state index contributed by atoms with van der Waals surface area (Å²) in [5.41, 5.74) is 1.89. The summed E-state index contributed by atoms with van der Waals surface area (Å²) < 4.78 is 71.9. The number of nitrogens with zero attached hydrogens (tertiary/aromatic N) is 1. The van der Waals surface area contributed by atoms with Crippen LogP contribution in [0.4, 0.5) is 0 Å². The van der Waals surface area contributed by atoms with Crippen LogP contribution in [0.2, 0.25) is 0 Å². The Kier molecular flexibility index (Phi) is 10.7. The molecule has 0 aliphatic rings. The normalized spacial score (nSPS) is 12.4. The van der Waals surface area contributed by atoms with Gasteiger partial charge in [-0.05, 0) is 71.7 Å². The first-order valence-corrected chi connectivity index (χ1v) is 18.6. The maximum Gasteiger partial charge on any atom is 0.306 e. The summed E-state index contributed by atoms with van der Waals surface area (Å²) in [5.74, 6) is 0.0188. The van der Waals surface area contributed by atoms with Crippen molar-refractivity contribution in [3.05, 3.63) is 108 Å². The Morgan fingerprint density at radius 2 is 1.41 bits per heavy atom. The topological polar surface area (TPSA) is 132 Å². The number of aryl methyl sites for hydroxylation is 1. The molecule has 1 atom stereocenters. The Hall–Kier alpha value is -3.84. The summed E-state index contributed by atoms with van der Waals surface area (Å²) >= 11 is -1.27. The molecule has 1 unspecified atom stereocenters. The molecule has 0 N–H and O–H groups in total. The molecule has 0 saturated heterocycles. The van der Waals surface area contributed by atoms with Gasteiger partial charge in [0.25, 0.3) is 0 Å². The average Bonchev–Trinajstić information content (AvgIpc) is 2.95. The van der Waals surface area contributed by atoms with Gasteiger partial charge >= 0.3 is 20.2 Å². The minimum Gasteiger partial charge on any atom is -0.611 e. The van der Waals surface area contributed by atoms with Gasteiger partial charge in [0.15, 0.2) is 10.3 Å². The monoisotopic (exact) mass is 655 g/mol. The van der Waals surface area contributed by atoms with Gasteiger partial charge in [-0.2, -0.15) is 16.8 Å². The summed E-state index contributed by atoms with van der Waals surface area (Å²) in [7, 11) is -7.96. The van der Waals surface area contributed by atoms with Gasteiger partial charge in [-0.25, -0.2) is 0 Å². The summed E-state index contributed by atoms with van der Waals surface area (Å²) in [5, 5.41) is 0. The quantitative estimate of drug-likeness (QED) is 0.0992. The molecule has 0 fully saturated rings. The lowest BCUT2D eigenvalue weighted by atomic mass is 10.0. The Morgan fingerprint density at radius 3 is 2.00 bits per heavy atom. The van der Waals surface area contributed by atoms with Crippen molar-refractivity contribution < 1.29 is 29.8 Å². The van der Waals surface area contributed by atoms with Crippen molar-refractivity contribution in [3.8, 4) is 33.8 Å². The molecule has 4 aromatic rings. The van der Waals surface area contributed by atoms with Crippen LogP contribution in [-0.2, 0) is 37.8 Å². The molecule has 0 bridgehead atoms. The van der Waals surface area contributed by atoms with Crippen LogP contribution >= 0.6 is 0 Å². The van der Waals surface area contributed by atoms with E-state index in [1.54, 1.807) is 35.0 Å². The second-order valence-corrected chi connectivity index (χ2v) is 14.9. The minimum absolute atomic E-state index is 0.102.